The molecule has 0 aliphatic carbocycles. The third-order valence-electron chi connectivity index (χ3n) is 3.51. The molecule has 2 rings (SSSR count). The Hall–Kier alpha value is -3.54. The van der Waals surface area contributed by atoms with Gasteiger partial charge in [0, 0.05) is 5.56 Å². The fourth-order valence-electron chi connectivity index (χ4n) is 2.14. The molecule has 0 aliphatic heterocycles. The quantitative estimate of drug-likeness (QED) is 0.401. The average molecular weight is 354 g/mol. The lowest BCUT2D eigenvalue weighted by atomic mass is 10.1. The van der Waals surface area contributed by atoms with Gasteiger partial charge in [0.15, 0.2) is 34.6 Å². The molecular formula is C20H18O6. The summed E-state index contributed by atoms with van der Waals surface area (Å²) >= 11 is 0. The minimum Gasteiger partial charge on any atom is -0.504 e. The van der Waals surface area contributed by atoms with Crippen LogP contribution in [0.1, 0.15) is 17.5 Å². The highest BCUT2D eigenvalue weighted by Gasteiger charge is 2.06. The normalized spacial score (nSPS) is 11.1. The first-order valence-electron chi connectivity index (χ1n) is 7.70. The summed E-state index contributed by atoms with van der Waals surface area (Å²) in [6.07, 6.45) is 4.95. The predicted molar refractivity (Wildman–Crippen MR) is 97.1 cm³/mol. The first-order chi connectivity index (χ1) is 12.4. The standard InChI is InChI=1S/C20H18O6/c1-26-19-11-13(6-10-17(19)23)5-8-15(21)12-16(22)9-7-14-3-2-4-18(24)20(14)25/h2-11,23-25H,12H2,1H3/b8-5+,9-7+. The number of rotatable bonds is 7. The van der Waals surface area contributed by atoms with Crippen molar-refractivity contribution in [2.45, 2.75) is 6.42 Å². The van der Waals surface area contributed by atoms with Crippen LogP contribution in [0.2, 0.25) is 0 Å². The second-order valence-corrected chi connectivity index (χ2v) is 5.42. The van der Waals surface area contributed by atoms with Crippen LogP contribution in [0.3, 0.4) is 0 Å². The summed E-state index contributed by atoms with van der Waals surface area (Å²) in [5.41, 5.74) is 0.915. The third-order valence-corrected chi connectivity index (χ3v) is 3.51. The molecule has 0 radical (unpaired) electrons. The van der Waals surface area contributed by atoms with E-state index in [0.717, 1.165) is 0 Å². The van der Waals surface area contributed by atoms with Gasteiger partial charge in [-0.2, -0.15) is 0 Å². The predicted octanol–water partition coefficient (Wildman–Crippen LogP) is 3.07. The van der Waals surface area contributed by atoms with Crippen LogP contribution in [-0.4, -0.2) is 34.0 Å². The maximum atomic E-state index is 11.9. The molecule has 0 atom stereocenters. The average Bonchev–Trinajstić information content (AvgIpc) is 2.62. The smallest absolute Gasteiger partial charge is 0.164 e. The second kappa shape index (κ2) is 8.53. The Balaban J connectivity index is 1.97. The first kappa shape index (κ1) is 18.8. The number of benzene rings is 2. The molecule has 0 amide bonds. The van der Waals surface area contributed by atoms with Crippen LogP contribution < -0.4 is 4.74 Å². The summed E-state index contributed by atoms with van der Waals surface area (Å²) < 4.78 is 4.98. The van der Waals surface area contributed by atoms with E-state index in [1.807, 2.05) is 0 Å². The highest BCUT2D eigenvalue weighted by Crippen LogP contribution is 2.29. The minimum absolute atomic E-state index is 0.00788. The Bertz CT molecular complexity index is 880. The first-order valence-corrected chi connectivity index (χ1v) is 7.70. The fraction of sp³-hybridized carbons (Fsp3) is 0.100. The van der Waals surface area contributed by atoms with E-state index in [2.05, 4.69) is 0 Å². The maximum Gasteiger partial charge on any atom is 0.164 e. The van der Waals surface area contributed by atoms with E-state index in [1.54, 1.807) is 12.1 Å². The van der Waals surface area contributed by atoms with Gasteiger partial charge in [-0.25, -0.2) is 0 Å². The van der Waals surface area contributed by atoms with Gasteiger partial charge in [-0.1, -0.05) is 24.3 Å². The van der Waals surface area contributed by atoms with E-state index in [4.69, 9.17) is 4.74 Å². The number of phenolic OH excluding ortho intramolecular Hbond substituents is 3. The SMILES string of the molecule is COc1cc(/C=C/C(=O)CC(=O)/C=C/c2cccc(O)c2O)ccc1O. The van der Waals surface area contributed by atoms with Crippen LogP contribution in [-0.2, 0) is 9.59 Å². The van der Waals surface area contributed by atoms with Crippen molar-refractivity contribution in [3.8, 4) is 23.0 Å². The fourth-order valence-corrected chi connectivity index (χ4v) is 2.14. The van der Waals surface area contributed by atoms with E-state index in [9.17, 15) is 24.9 Å². The van der Waals surface area contributed by atoms with Gasteiger partial charge in [0.25, 0.3) is 0 Å². The lowest BCUT2D eigenvalue weighted by Gasteiger charge is -2.03. The van der Waals surface area contributed by atoms with Gasteiger partial charge in [-0.15, -0.1) is 0 Å². The molecule has 6 heteroatoms. The zero-order valence-electron chi connectivity index (χ0n) is 14.0. The van der Waals surface area contributed by atoms with Crippen molar-refractivity contribution < 1.29 is 29.6 Å². The van der Waals surface area contributed by atoms with Gasteiger partial charge >= 0.3 is 0 Å². The highest BCUT2D eigenvalue weighted by molar-refractivity contribution is 6.11. The molecule has 3 N–H and O–H groups in total. The van der Waals surface area contributed by atoms with Crippen molar-refractivity contribution in [3.63, 3.8) is 0 Å². The Morgan fingerprint density at radius 2 is 1.65 bits per heavy atom. The number of ketones is 2. The Kier molecular flexibility index (Phi) is 6.16. The van der Waals surface area contributed by atoms with Crippen molar-refractivity contribution in [3.05, 3.63) is 59.7 Å². The van der Waals surface area contributed by atoms with Gasteiger partial charge in [0.05, 0.1) is 13.5 Å². The molecule has 2 aromatic carbocycles. The van der Waals surface area contributed by atoms with Crippen LogP contribution in [0, 0.1) is 0 Å². The molecule has 0 fully saturated rings. The monoisotopic (exact) mass is 354 g/mol. The van der Waals surface area contributed by atoms with Gasteiger partial charge in [0.1, 0.15) is 0 Å². The molecule has 0 aliphatic rings. The Labute approximate surface area is 150 Å². The summed E-state index contributed by atoms with van der Waals surface area (Å²) in [6.45, 7) is 0. The van der Waals surface area contributed by atoms with Crippen molar-refractivity contribution in [2.24, 2.45) is 0 Å². The van der Waals surface area contributed by atoms with E-state index in [1.165, 1.54) is 55.7 Å². The minimum atomic E-state index is -0.439. The van der Waals surface area contributed by atoms with E-state index < -0.39 is 11.6 Å². The van der Waals surface area contributed by atoms with E-state index >= 15 is 0 Å². The number of hydrogen-bond acceptors (Lipinski definition) is 6. The van der Waals surface area contributed by atoms with Gasteiger partial charge in [0.2, 0.25) is 0 Å². The molecule has 6 nitrogen and oxygen atoms in total. The number of carbonyl (C=O) groups excluding carboxylic acids is 2. The summed E-state index contributed by atoms with van der Waals surface area (Å²) in [4.78, 5) is 23.7. The number of hydrogen-bond donors (Lipinski definition) is 3. The lowest BCUT2D eigenvalue weighted by Crippen LogP contribution is -2.01. The molecule has 0 unspecified atom stereocenters. The van der Waals surface area contributed by atoms with Crippen molar-refractivity contribution >= 4 is 23.7 Å². The van der Waals surface area contributed by atoms with E-state index in [0.29, 0.717) is 5.56 Å². The van der Waals surface area contributed by atoms with Crippen LogP contribution in [0.5, 0.6) is 23.0 Å². The number of para-hydroxylation sites is 1. The van der Waals surface area contributed by atoms with Crippen LogP contribution in [0.4, 0.5) is 0 Å². The molecule has 0 heterocycles. The maximum absolute atomic E-state index is 11.9. The number of phenols is 3. The van der Waals surface area contributed by atoms with Gasteiger partial charge in [-0.05, 0) is 42.0 Å². The largest absolute Gasteiger partial charge is 0.504 e. The van der Waals surface area contributed by atoms with Crippen LogP contribution in [0.15, 0.2) is 48.6 Å². The zero-order chi connectivity index (χ0) is 19.1. The number of allylic oxidation sites excluding steroid dienone is 2. The molecule has 0 saturated heterocycles. The molecule has 0 saturated carbocycles. The molecule has 2 aromatic rings. The van der Waals surface area contributed by atoms with E-state index in [-0.39, 0.29) is 35.0 Å². The van der Waals surface area contributed by atoms with Gasteiger partial charge in [-0.3, -0.25) is 9.59 Å². The zero-order valence-corrected chi connectivity index (χ0v) is 14.0. The molecule has 0 bridgehead atoms. The summed E-state index contributed by atoms with van der Waals surface area (Å²) in [5, 5.41) is 28.6. The van der Waals surface area contributed by atoms with Crippen LogP contribution in [0.25, 0.3) is 12.2 Å². The number of ether oxygens (including phenoxy) is 1. The van der Waals surface area contributed by atoms with Gasteiger partial charge < -0.3 is 20.1 Å². The molecule has 0 spiro atoms. The summed E-state index contributed by atoms with van der Waals surface area (Å²) in [5.74, 6) is -1.18. The summed E-state index contributed by atoms with van der Waals surface area (Å²) in [7, 11) is 1.42. The molecule has 26 heavy (non-hydrogen) atoms. The number of carbonyl (C=O) groups is 2. The summed E-state index contributed by atoms with van der Waals surface area (Å²) in [6, 6.07) is 8.98. The molecule has 134 valence electrons. The van der Waals surface area contributed by atoms with Crippen LogP contribution >= 0.6 is 0 Å². The molecular weight excluding hydrogens is 336 g/mol. The topological polar surface area (TPSA) is 104 Å². The highest BCUT2D eigenvalue weighted by atomic mass is 16.5. The van der Waals surface area contributed by atoms with Crippen molar-refractivity contribution in [1.29, 1.82) is 0 Å². The third kappa shape index (κ3) is 4.98. The molecule has 0 aromatic heterocycles. The van der Waals surface area contributed by atoms with Crippen molar-refractivity contribution in [2.75, 3.05) is 7.11 Å². The Morgan fingerprint density at radius 1 is 0.962 bits per heavy atom. The Morgan fingerprint density at radius 3 is 2.35 bits per heavy atom. The number of aromatic hydroxyl groups is 3. The number of methoxy groups -OCH3 is 1. The second-order valence-electron chi connectivity index (χ2n) is 5.42. The van der Waals surface area contributed by atoms with Crippen molar-refractivity contribution in [1.82, 2.24) is 0 Å². The lowest BCUT2D eigenvalue weighted by molar-refractivity contribution is -0.121.